The topological polar surface area (TPSA) is 37.8 Å². The zero-order valence-corrected chi connectivity index (χ0v) is 11.6. The number of thiazole rings is 2. The van der Waals surface area contributed by atoms with Gasteiger partial charge in [0.05, 0.1) is 21.8 Å². The quantitative estimate of drug-likeness (QED) is 0.909. The monoisotopic (exact) mass is 265 g/mol. The molecule has 2 aromatic rings. The summed E-state index contributed by atoms with van der Waals surface area (Å²) in [5.74, 6) is 0.694. The Balaban J connectivity index is 1.87. The van der Waals surface area contributed by atoms with Crippen LogP contribution in [-0.4, -0.2) is 16.0 Å². The molecule has 0 saturated heterocycles. The summed E-state index contributed by atoms with van der Waals surface area (Å²) in [7, 11) is 0. The summed E-state index contributed by atoms with van der Waals surface area (Å²) in [6, 6.07) is 0.429. The van der Waals surface area contributed by atoms with Crippen LogP contribution in [-0.2, 0) is 0 Å². The second-order valence-electron chi connectivity index (χ2n) is 4.68. The normalized spacial score (nSPS) is 15.5. The van der Waals surface area contributed by atoms with E-state index >= 15 is 0 Å². The minimum atomic E-state index is 0.429. The Morgan fingerprint density at radius 1 is 1.35 bits per heavy atom. The highest BCUT2D eigenvalue weighted by Crippen LogP contribution is 2.45. The van der Waals surface area contributed by atoms with Crippen molar-refractivity contribution in [2.75, 3.05) is 5.32 Å². The third-order valence-electron chi connectivity index (χ3n) is 2.71. The molecule has 3 rings (SSSR count). The summed E-state index contributed by atoms with van der Waals surface area (Å²) in [6.07, 6.45) is 2.58. The first-order valence-corrected chi connectivity index (χ1v) is 7.66. The first-order chi connectivity index (χ1) is 8.24. The Kier molecular flexibility index (Phi) is 2.88. The lowest BCUT2D eigenvalue weighted by atomic mass is 10.2. The van der Waals surface area contributed by atoms with E-state index in [1.54, 1.807) is 22.7 Å². The van der Waals surface area contributed by atoms with E-state index in [1.165, 1.54) is 23.4 Å². The molecule has 0 aliphatic heterocycles. The molecule has 5 heteroatoms. The van der Waals surface area contributed by atoms with Crippen molar-refractivity contribution in [2.45, 2.75) is 38.6 Å². The molecule has 1 aliphatic carbocycles. The number of anilines is 1. The first-order valence-electron chi connectivity index (χ1n) is 5.90. The zero-order chi connectivity index (χ0) is 11.8. The van der Waals surface area contributed by atoms with Gasteiger partial charge in [-0.2, -0.15) is 0 Å². The van der Waals surface area contributed by atoms with Crippen molar-refractivity contribution >= 4 is 27.8 Å². The number of aromatic nitrogens is 2. The lowest BCUT2D eigenvalue weighted by molar-refractivity contribution is 0.896. The van der Waals surface area contributed by atoms with E-state index in [9.17, 15) is 0 Å². The van der Waals surface area contributed by atoms with Gasteiger partial charge in [0.25, 0.3) is 0 Å². The van der Waals surface area contributed by atoms with Crippen LogP contribution in [0.4, 0.5) is 5.13 Å². The summed E-state index contributed by atoms with van der Waals surface area (Å²) in [5, 5.41) is 6.48. The summed E-state index contributed by atoms with van der Waals surface area (Å²) in [6.45, 7) is 4.26. The van der Waals surface area contributed by atoms with E-state index in [-0.39, 0.29) is 0 Å². The number of rotatable bonds is 4. The fourth-order valence-corrected chi connectivity index (χ4v) is 3.55. The molecule has 0 unspecified atom stereocenters. The van der Waals surface area contributed by atoms with E-state index < -0.39 is 0 Å². The van der Waals surface area contributed by atoms with Gasteiger partial charge in [0.15, 0.2) is 5.13 Å². The maximum absolute atomic E-state index is 4.64. The highest BCUT2D eigenvalue weighted by atomic mass is 32.1. The lowest BCUT2D eigenvalue weighted by Crippen LogP contribution is -2.08. The smallest absolute Gasteiger partial charge is 0.183 e. The molecule has 0 atom stereocenters. The van der Waals surface area contributed by atoms with Crippen LogP contribution in [0.15, 0.2) is 10.9 Å². The van der Waals surface area contributed by atoms with Gasteiger partial charge in [-0.1, -0.05) is 0 Å². The molecular formula is C12H15N3S2. The van der Waals surface area contributed by atoms with Crippen molar-refractivity contribution in [1.82, 2.24) is 9.97 Å². The molecule has 17 heavy (non-hydrogen) atoms. The van der Waals surface area contributed by atoms with Crippen molar-refractivity contribution < 1.29 is 0 Å². The third kappa shape index (κ3) is 2.35. The molecule has 1 fully saturated rings. The third-order valence-corrected chi connectivity index (χ3v) is 4.35. The molecule has 90 valence electrons. The zero-order valence-electron chi connectivity index (χ0n) is 9.93. The van der Waals surface area contributed by atoms with Gasteiger partial charge in [-0.15, -0.1) is 22.7 Å². The fourth-order valence-electron chi connectivity index (χ4n) is 1.79. The molecule has 0 bridgehead atoms. The predicted molar refractivity (Wildman–Crippen MR) is 74.0 cm³/mol. The minimum absolute atomic E-state index is 0.429. The molecule has 0 spiro atoms. The van der Waals surface area contributed by atoms with Crippen LogP contribution in [0, 0.1) is 0 Å². The van der Waals surface area contributed by atoms with Gasteiger partial charge in [-0.3, -0.25) is 0 Å². The highest BCUT2D eigenvalue weighted by molar-refractivity contribution is 7.15. The SMILES string of the molecule is CC(C)Nc1nc(-c2scnc2C2CC2)cs1. The fraction of sp³-hybridized carbons (Fsp3) is 0.500. The Morgan fingerprint density at radius 2 is 2.18 bits per heavy atom. The van der Waals surface area contributed by atoms with Gasteiger partial charge in [-0.05, 0) is 26.7 Å². The standard InChI is InChI=1S/C12H15N3S2/c1-7(2)14-12-15-9(5-16-12)11-10(8-3-4-8)13-6-17-11/h5-8H,3-4H2,1-2H3,(H,14,15). The van der Waals surface area contributed by atoms with Crippen molar-refractivity contribution in [3.63, 3.8) is 0 Å². The van der Waals surface area contributed by atoms with E-state index in [2.05, 4.69) is 34.5 Å². The largest absolute Gasteiger partial charge is 0.359 e. The average molecular weight is 265 g/mol. The average Bonchev–Trinajstić information content (AvgIpc) is 2.84. The van der Waals surface area contributed by atoms with Crippen LogP contribution in [0.1, 0.15) is 38.3 Å². The molecule has 3 nitrogen and oxygen atoms in total. The maximum atomic E-state index is 4.64. The summed E-state index contributed by atoms with van der Waals surface area (Å²) >= 11 is 3.38. The number of nitrogens with zero attached hydrogens (tertiary/aromatic N) is 2. The molecule has 0 aromatic carbocycles. The van der Waals surface area contributed by atoms with Gasteiger partial charge in [0, 0.05) is 17.3 Å². The number of hydrogen-bond donors (Lipinski definition) is 1. The summed E-state index contributed by atoms with van der Waals surface area (Å²) < 4.78 is 0. The van der Waals surface area contributed by atoms with Crippen molar-refractivity contribution in [1.29, 1.82) is 0 Å². The Morgan fingerprint density at radius 3 is 2.88 bits per heavy atom. The van der Waals surface area contributed by atoms with Crippen LogP contribution in [0.25, 0.3) is 10.6 Å². The summed E-state index contributed by atoms with van der Waals surface area (Å²) in [4.78, 5) is 10.4. The minimum Gasteiger partial charge on any atom is -0.359 e. The van der Waals surface area contributed by atoms with Crippen molar-refractivity contribution in [3.8, 4) is 10.6 Å². The predicted octanol–water partition coefficient (Wildman–Crippen LogP) is 3.96. The van der Waals surface area contributed by atoms with Gasteiger partial charge < -0.3 is 5.32 Å². The molecular weight excluding hydrogens is 250 g/mol. The molecule has 1 saturated carbocycles. The Bertz CT molecular complexity index is 511. The van der Waals surface area contributed by atoms with Gasteiger partial charge in [0.1, 0.15) is 0 Å². The lowest BCUT2D eigenvalue weighted by Gasteiger charge is -2.04. The van der Waals surface area contributed by atoms with E-state index in [1.807, 2.05) is 5.51 Å². The number of hydrogen-bond acceptors (Lipinski definition) is 5. The van der Waals surface area contributed by atoms with Crippen molar-refractivity contribution in [2.24, 2.45) is 0 Å². The second kappa shape index (κ2) is 4.38. The molecule has 2 aromatic heterocycles. The number of nitrogens with one attached hydrogen (secondary N) is 1. The molecule has 0 radical (unpaired) electrons. The Labute approximate surface area is 109 Å². The first kappa shape index (κ1) is 11.2. The van der Waals surface area contributed by atoms with E-state index in [0.717, 1.165) is 10.8 Å². The van der Waals surface area contributed by atoms with E-state index in [0.29, 0.717) is 12.0 Å². The van der Waals surface area contributed by atoms with Gasteiger partial charge in [-0.25, -0.2) is 9.97 Å². The van der Waals surface area contributed by atoms with Gasteiger partial charge >= 0.3 is 0 Å². The maximum Gasteiger partial charge on any atom is 0.183 e. The Hall–Kier alpha value is -0.940. The van der Waals surface area contributed by atoms with Crippen LogP contribution in [0.2, 0.25) is 0 Å². The summed E-state index contributed by atoms with van der Waals surface area (Å²) in [5.41, 5.74) is 4.29. The highest BCUT2D eigenvalue weighted by Gasteiger charge is 2.29. The van der Waals surface area contributed by atoms with Gasteiger partial charge in [0.2, 0.25) is 0 Å². The van der Waals surface area contributed by atoms with Crippen LogP contribution in [0.3, 0.4) is 0 Å². The van der Waals surface area contributed by atoms with E-state index in [4.69, 9.17) is 0 Å². The van der Waals surface area contributed by atoms with Crippen LogP contribution >= 0.6 is 22.7 Å². The second-order valence-corrected chi connectivity index (χ2v) is 6.39. The molecule has 2 heterocycles. The molecule has 1 N–H and O–H groups in total. The molecule has 1 aliphatic rings. The van der Waals surface area contributed by atoms with Crippen LogP contribution in [0.5, 0.6) is 0 Å². The van der Waals surface area contributed by atoms with Crippen molar-refractivity contribution in [3.05, 3.63) is 16.6 Å². The van der Waals surface area contributed by atoms with Crippen LogP contribution < -0.4 is 5.32 Å². The molecule has 0 amide bonds.